The van der Waals surface area contributed by atoms with Crippen molar-refractivity contribution in [3.05, 3.63) is 52.8 Å². The summed E-state index contributed by atoms with van der Waals surface area (Å²) < 4.78 is 3.02. The van der Waals surface area contributed by atoms with Crippen LogP contribution in [0.4, 0.5) is 5.69 Å². The number of aryl methyl sites for hydroxylation is 1. The van der Waals surface area contributed by atoms with Crippen molar-refractivity contribution >= 4 is 27.3 Å². The molecule has 0 fully saturated rings. The van der Waals surface area contributed by atoms with Crippen molar-refractivity contribution in [3.8, 4) is 11.3 Å². The zero-order valence-corrected chi connectivity index (χ0v) is 11.5. The van der Waals surface area contributed by atoms with E-state index in [0.717, 1.165) is 32.6 Å². The molecule has 90 valence electrons. The minimum absolute atomic E-state index is 0.748. The van der Waals surface area contributed by atoms with E-state index in [1.165, 1.54) is 0 Å². The van der Waals surface area contributed by atoms with E-state index in [0.29, 0.717) is 0 Å². The normalized spacial score (nSPS) is 11.0. The zero-order valence-electron chi connectivity index (χ0n) is 9.89. The molecule has 0 radical (unpaired) electrons. The van der Waals surface area contributed by atoms with Crippen molar-refractivity contribution in [1.29, 1.82) is 0 Å². The lowest BCUT2D eigenvalue weighted by atomic mass is 10.2. The molecule has 0 saturated heterocycles. The fraction of sp³-hybridized carbons (Fsp3) is 0.0714. The number of benzene rings is 1. The second-order valence-corrected chi connectivity index (χ2v) is 5.24. The molecule has 0 spiro atoms. The molecule has 2 aromatic heterocycles. The zero-order chi connectivity index (χ0) is 12.7. The molecule has 3 nitrogen and oxygen atoms in total. The Hall–Kier alpha value is -1.81. The van der Waals surface area contributed by atoms with Gasteiger partial charge in [-0.3, -0.25) is 0 Å². The standard InChI is InChI=1S/C14H12BrN3/c1-9-5-12(16)7-18-8-13(17-14(9)18)10-3-2-4-11(15)6-10/h2-8H,16H2,1H3. The lowest BCUT2D eigenvalue weighted by Crippen LogP contribution is -1.92. The summed E-state index contributed by atoms with van der Waals surface area (Å²) >= 11 is 3.47. The Kier molecular flexibility index (Phi) is 2.59. The molecular weight excluding hydrogens is 290 g/mol. The largest absolute Gasteiger partial charge is 0.398 e. The smallest absolute Gasteiger partial charge is 0.140 e. The number of nitrogen functional groups attached to an aromatic ring is 1. The highest BCUT2D eigenvalue weighted by Gasteiger charge is 2.07. The van der Waals surface area contributed by atoms with Crippen LogP contribution in [0.15, 0.2) is 47.2 Å². The summed E-state index contributed by atoms with van der Waals surface area (Å²) in [5, 5.41) is 0. The average molecular weight is 302 g/mol. The van der Waals surface area contributed by atoms with E-state index in [1.54, 1.807) is 0 Å². The average Bonchev–Trinajstić information content (AvgIpc) is 2.73. The number of hydrogen-bond donors (Lipinski definition) is 1. The molecule has 0 unspecified atom stereocenters. The lowest BCUT2D eigenvalue weighted by molar-refractivity contribution is 1.17. The van der Waals surface area contributed by atoms with Crippen LogP contribution < -0.4 is 5.73 Å². The van der Waals surface area contributed by atoms with E-state index in [9.17, 15) is 0 Å². The summed E-state index contributed by atoms with van der Waals surface area (Å²) in [5.74, 6) is 0. The number of nitrogens with two attached hydrogens (primary N) is 1. The Morgan fingerprint density at radius 2 is 2.06 bits per heavy atom. The van der Waals surface area contributed by atoms with Crippen molar-refractivity contribution in [2.75, 3.05) is 5.73 Å². The molecule has 0 aliphatic carbocycles. The summed E-state index contributed by atoms with van der Waals surface area (Å²) in [6, 6.07) is 10.0. The van der Waals surface area contributed by atoms with Gasteiger partial charge in [0.2, 0.25) is 0 Å². The number of rotatable bonds is 1. The monoisotopic (exact) mass is 301 g/mol. The second-order valence-electron chi connectivity index (χ2n) is 4.32. The number of imidazole rings is 1. The quantitative estimate of drug-likeness (QED) is 0.745. The Morgan fingerprint density at radius 3 is 2.83 bits per heavy atom. The van der Waals surface area contributed by atoms with Crippen LogP contribution in [0.2, 0.25) is 0 Å². The first-order chi connectivity index (χ1) is 8.63. The van der Waals surface area contributed by atoms with Gasteiger partial charge in [0.25, 0.3) is 0 Å². The number of hydrogen-bond acceptors (Lipinski definition) is 2. The van der Waals surface area contributed by atoms with Crippen LogP contribution in [0.5, 0.6) is 0 Å². The fourth-order valence-electron chi connectivity index (χ4n) is 2.08. The summed E-state index contributed by atoms with van der Waals surface area (Å²) in [4.78, 5) is 4.65. The first-order valence-electron chi connectivity index (χ1n) is 5.64. The predicted molar refractivity (Wildman–Crippen MR) is 77.5 cm³/mol. The molecule has 0 saturated carbocycles. The van der Waals surface area contributed by atoms with Gasteiger partial charge in [0.15, 0.2) is 0 Å². The van der Waals surface area contributed by atoms with Gasteiger partial charge in [0.1, 0.15) is 5.65 Å². The molecule has 3 aromatic rings. The minimum atomic E-state index is 0.748. The third kappa shape index (κ3) is 1.88. The molecule has 0 amide bonds. The van der Waals surface area contributed by atoms with Gasteiger partial charge in [-0.2, -0.15) is 0 Å². The van der Waals surface area contributed by atoms with Crippen LogP contribution in [0, 0.1) is 6.92 Å². The van der Waals surface area contributed by atoms with E-state index < -0.39 is 0 Å². The van der Waals surface area contributed by atoms with Crippen LogP contribution in [0.1, 0.15) is 5.56 Å². The van der Waals surface area contributed by atoms with Crippen molar-refractivity contribution in [2.24, 2.45) is 0 Å². The number of fused-ring (bicyclic) bond motifs is 1. The SMILES string of the molecule is Cc1cc(N)cn2cc(-c3cccc(Br)c3)nc12. The van der Waals surface area contributed by atoms with Gasteiger partial charge in [0.05, 0.1) is 5.69 Å². The van der Waals surface area contributed by atoms with Gasteiger partial charge >= 0.3 is 0 Å². The number of pyridine rings is 1. The second kappa shape index (κ2) is 4.14. The maximum Gasteiger partial charge on any atom is 0.140 e. The van der Waals surface area contributed by atoms with Crippen molar-refractivity contribution < 1.29 is 0 Å². The van der Waals surface area contributed by atoms with Crippen LogP contribution in [-0.2, 0) is 0 Å². The number of nitrogens with zero attached hydrogens (tertiary/aromatic N) is 2. The molecule has 0 atom stereocenters. The summed E-state index contributed by atoms with van der Waals surface area (Å²) in [5.41, 5.74) is 10.7. The Morgan fingerprint density at radius 1 is 1.22 bits per heavy atom. The Labute approximate surface area is 113 Å². The van der Waals surface area contributed by atoms with Crippen LogP contribution in [0.3, 0.4) is 0 Å². The third-order valence-electron chi connectivity index (χ3n) is 2.88. The van der Waals surface area contributed by atoms with Crippen molar-refractivity contribution in [1.82, 2.24) is 9.38 Å². The molecule has 1 aromatic carbocycles. The van der Waals surface area contributed by atoms with E-state index in [2.05, 4.69) is 27.0 Å². The molecule has 18 heavy (non-hydrogen) atoms. The van der Waals surface area contributed by atoms with E-state index in [4.69, 9.17) is 5.73 Å². The Balaban J connectivity index is 2.22. The molecule has 2 N–H and O–H groups in total. The maximum absolute atomic E-state index is 5.84. The first kappa shape index (κ1) is 11.3. The molecule has 0 aliphatic heterocycles. The summed E-state index contributed by atoms with van der Waals surface area (Å²) in [7, 11) is 0. The van der Waals surface area contributed by atoms with Crippen molar-refractivity contribution in [2.45, 2.75) is 6.92 Å². The molecule has 0 bridgehead atoms. The van der Waals surface area contributed by atoms with Gasteiger partial charge in [-0.15, -0.1) is 0 Å². The lowest BCUT2D eigenvalue weighted by Gasteiger charge is -1.98. The molecule has 3 rings (SSSR count). The topological polar surface area (TPSA) is 43.3 Å². The maximum atomic E-state index is 5.84. The van der Waals surface area contributed by atoms with E-state index >= 15 is 0 Å². The number of anilines is 1. The third-order valence-corrected chi connectivity index (χ3v) is 3.37. The van der Waals surface area contributed by atoms with Gasteiger partial charge in [-0.05, 0) is 30.7 Å². The predicted octanol–water partition coefficient (Wildman–Crippen LogP) is 3.65. The Bertz CT molecular complexity index is 731. The highest BCUT2D eigenvalue weighted by Crippen LogP contribution is 2.24. The minimum Gasteiger partial charge on any atom is -0.398 e. The molecule has 2 heterocycles. The van der Waals surface area contributed by atoms with Crippen LogP contribution in [0.25, 0.3) is 16.9 Å². The fourth-order valence-corrected chi connectivity index (χ4v) is 2.48. The number of halogens is 1. The van der Waals surface area contributed by atoms with Gasteiger partial charge < -0.3 is 10.1 Å². The molecular formula is C14H12BrN3. The molecule has 0 aliphatic rings. The van der Waals surface area contributed by atoms with Gasteiger partial charge in [0, 0.05) is 28.1 Å². The summed E-state index contributed by atoms with van der Waals surface area (Å²) in [6.45, 7) is 2.02. The number of aromatic nitrogens is 2. The van der Waals surface area contributed by atoms with Gasteiger partial charge in [-0.25, -0.2) is 4.98 Å². The van der Waals surface area contributed by atoms with Crippen molar-refractivity contribution in [3.63, 3.8) is 0 Å². The van der Waals surface area contributed by atoms with Gasteiger partial charge in [-0.1, -0.05) is 28.1 Å². The molecule has 4 heteroatoms. The highest BCUT2D eigenvalue weighted by molar-refractivity contribution is 9.10. The summed E-state index contributed by atoms with van der Waals surface area (Å²) in [6.07, 6.45) is 3.89. The highest BCUT2D eigenvalue weighted by atomic mass is 79.9. The van der Waals surface area contributed by atoms with E-state index in [-0.39, 0.29) is 0 Å². The first-order valence-corrected chi connectivity index (χ1v) is 6.43. The van der Waals surface area contributed by atoms with E-state index in [1.807, 2.05) is 48.0 Å². The van der Waals surface area contributed by atoms with Crippen LogP contribution >= 0.6 is 15.9 Å². The van der Waals surface area contributed by atoms with Crippen LogP contribution in [-0.4, -0.2) is 9.38 Å².